The van der Waals surface area contributed by atoms with Crippen molar-refractivity contribution in [1.29, 1.82) is 0 Å². The second-order valence-corrected chi connectivity index (χ2v) is 3.38. The molecule has 0 unspecified atom stereocenters. The molecule has 2 rings (SSSR count). The van der Waals surface area contributed by atoms with Gasteiger partial charge in [-0.2, -0.15) is 5.10 Å². The zero-order chi connectivity index (χ0) is 10.7. The van der Waals surface area contributed by atoms with Crippen molar-refractivity contribution < 1.29 is 0 Å². The van der Waals surface area contributed by atoms with Crippen LogP contribution in [0.1, 0.15) is 11.1 Å². The minimum atomic E-state index is 0.592. The van der Waals surface area contributed by atoms with Crippen molar-refractivity contribution in [3.8, 4) is 0 Å². The number of anilines is 2. The molecule has 2 heterocycles. The van der Waals surface area contributed by atoms with E-state index in [1.807, 2.05) is 25.3 Å². The van der Waals surface area contributed by atoms with E-state index in [0.29, 0.717) is 12.4 Å². The molecule has 0 bridgehead atoms. The van der Waals surface area contributed by atoms with Crippen LogP contribution < -0.4 is 11.1 Å². The molecule has 15 heavy (non-hydrogen) atoms. The molecule has 0 fully saturated rings. The van der Waals surface area contributed by atoms with Crippen LogP contribution in [-0.4, -0.2) is 15.2 Å². The Morgan fingerprint density at radius 1 is 1.40 bits per heavy atom. The van der Waals surface area contributed by atoms with Crippen LogP contribution in [0.3, 0.4) is 0 Å². The SMILES string of the molecule is Cc1ccc(NCc2cn[nH]c2N)nc1. The summed E-state index contributed by atoms with van der Waals surface area (Å²) in [5.74, 6) is 1.43. The maximum atomic E-state index is 5.65. The molecule has 0 aliphatic heterocycles. The highest BCUT2D eigenvalue weighted by Crippen LogP contribution is 2.09. The summed E-state index contributed by atoms with van der Waals surface area (Å²) in [7, 11) is 0. The van der Waals surface area contributed by atoms with Crippen molar-refractivity contribution in [3.05, 3.63) is 35.7 Å². The van der Waals surface area contributed by atoms with Crippen LogP contribution in [0.2, 0.25) is 0 Å². The lowest BCUT2D eigenvalue weighted by Gasteiger charge is -2.04. The number of pyridine rings is 1. The number of nitrogens with one attached hydrogen (secondary N) is 2. The van der Waals surface area contributed by atoms with E-state index in [-0.39, 0.29) is 0 Å². The first kappa shape index (κ1) is 9.51. The predicted octanol–water partition coefficient (Wildman–Crippen LogP) is 1.31. The maximum absolute atomic E-state index is 5.65. The molecule has 5 nitrogen and oxygen atoms in total. The maximum Gasteiger partial charge on any atom is 0.126 e. The lowest BCUT2D eigenvalue weighted by Crippen LogP contribution is -2.02. The van der Waals surface area contributed by atoms with Gasteiger partial charge in [0.25, 0.3) is 0 Å². The Bertz CT molecular complexity index is 431. The van der Waals surface area contributed by atoms with Gasteiger partial charge in [0.05, 0.1) is 6.20 Å². The molecule has 4 N–H and O–H groups in total. The van der Waals surface area contributed by atoms with Gasteiger partial charge >= 0.3 is 0 Å². The minimum Gasteiger partial charge on any atom is -0.384 e. The largest absolute Gasteiger partial charge is 0.384 e. The zero-order valence-corrected chi connectivity index (χ0v) is 8.49. The fourth-order valence-corrected chi connectivity index (χ4v) is 1.22. The molecule has 0 saturated carbocycles. The molecule has 78 valence electrons. The number of H-pyrrole nitrogens is 1. The van der Waals surface area contributed by atoms with Crippen LogP contribution in [0, 0.1) is 6.92 Å². The lowest BCUT2D eigenvalue weighted by atomic mass is 10.3. The number of nitrogen functional groups attached to an aromatic ring is 1. The van der Waals surface area contributed by atoms with Gasteiger partial charge in [-0.05, 0) is 18.6 Å². The molecule has 2 aromatic heterocycles. The number of aryl methyl sites for hydroxylation is 1. The van der Waals surface area contributed by atoms with Gasteiger partial charge < -0.3 is 11.1 Å². The first-order valence-corrected chi connectivity index (χ1v) is 4.70. The minimum absolute atomic E-state index is 0.592. The van der Waals surface area contributed by atoms with Crippen molar-refractivity contribution in [2.45, 2.75) is 13.5 Å². The molecule has 5 heteroatoms. The first-order chi connectivity index (χ1) is 7.25. The third-order valence-corrected chi connectivity index (χ3v) is 2.12. The quantitative estimate of drug-likeness (QED) is 0.702. The van der Waals surface area contributed by atoms with E-state index in [2.05, 4.69) is 20.5 Å². The molecule has 2 aromatic rings. The lowest BCUT2D eigenvalue weighted by molar-refractivity contribution is 1.10. The van der Waals surface area contributed by atoms with E-state index in [4.69, 9.17) is 5.73 Å². The second kappa shape index (κ2) is 4.00. The number of nitrogens with zero attached hydrogens (tertiary/aromatic N) is 2. The fraction of sp³-hybridized carbons (Fsp3) is 0.200. The van der Waals surface area contributed by atoms with Gasteiger partial charge in [0.1, 0.15) is 11.6 Å². The Kier molecular flexibility index (Phi) is 2.53. The van der Waals surface area contributed by atoms with Gasteiger partial charge in [0.15, 0.2) is 0 Å². The average molecular weight is 203 g/mol. The summed E-state index contributed by atoms with van der Waals surface area (Å²) in [6, 6.07) is 3.94. The Balaban J connectivity index is 1.99. The van der Waals surface area contributed by atoms with E-state index in [9.17, 15) is 0 Å². The van der Waals surface area contributed by atoms with Crippen molar-refractivity contribution in [1.82, 2.24) is 15.2 Å². The number of hydrogen-bond donors (Lipinski definition) is 3. The summed E-state index contributed by atoms with van der Waals surface area (Å²) in [4.78, 5) is 4.22. The van der Waals surface area contributed by atoms with E-state index in [1.54, 1.807) is 6.20 Å². The van der Waals surface area contributed by atoms with Gasteiger partial charge in [0.2, 0.25) is 0 Å². The number of aromatic amines is 1. The zero-order valence-electron chi connectivity index (χ0n) is 8.49. The molecule has 0 atom stereocenters. The van der Waals surface area contributed by atoms with E-state index < -0.39 is 0 Å². The molecular formula is C10H13N5. The van der Waals surface area contributed by atoms with Crippen molar-refractivity contribution in [2.75, 3.05) is 11.1 Å². The van der Waals surface area contributed by atoms with Crippen LogP contribution in [0.15, 0.2) is 24.5 Å². The smallest absolute Gasteiger partial charge is 0.126 e. The third-order valence-electron chi connectivity index (χ3n) is 2.12. The number of nitrogens with two attached hydrogens (primary N) is 1. The summed E-state index contributed by atoms with van der Waals surface area (Å²) < 4.78 is 0. The first-order valence-electron chi connectivity index (χ1n) is 4.70. The molecule has 0 aromatic carbocycles. The summed E-state index contributed by atoms with van der Waals surface area (Å²) in [5, 5.41) is 9.68. The van der Waals surface area contributed by atoms with Gasteiger partial charge in [-0.15, -0.1) is 0 Å². The Labute approximate surface area is 87.7 Å². The molecule has 0 aliphatic carbocycles. The van der Waals surface area contributed by atoms with Gasteiger partial charge in [-0.1, -0.05) is 6.07 Å². The number of rotatable bonds is 3. The van der Waals surface area contributed by atoms with Gasteiger partial charge in [0, 0.05) is 18.3 Å². The molecular weight excluding hydrogens is 190 g/mol. The van der Waals surface area contributed by atoms with E-state index in [1.165, 1.54) is 0 Å². The van der Waals surface area contributed by atoms with Crippen LogP contribution in [0.4, 0.5) is 11.6 Å². The summed E-state index contributed by atoms with van der Waals surface area (Å²) in [5.41, 5.74) is 7.73. The van der Waals surface area contributed by atoms with Crippen molar-refractivity contribution >= 4 is 11.6 Å². The normalized spacial score (nSPS) is 10.2. The fourth-order valence-electron chi connectivity index (χ4n) is 1.22. The molecule has 0 amide bonds. The Hall–Kier alpha value is -2.04. The monoisotopic (exact) mass is 203 g/mol. The van der Waals surface area contributed by atoms with Crippen LogP contribution in [0.5, 0.6) is 0 Å². The molecule has 0 saturated heterocycles. The predicted molar refractivity (Wildman–Crippen MR) is 59.3 cm³/mol. The average Bonchev–Trinajstić information content (AvgIpc) is 2.63. The third kappa shape index (κ3) is 2.25. The highest BCUT2D eigenvalue weighted by Gasteiger charge is 2.00. The van der Waals surface area contributed by atoms with E-state index >= 15 is 0 Å². The highest BCUT2D eigenvalue weighted by molar-refractivity contribution is 5.42. The highest BCUT2D eigenvalue weighted by atomic mass is 15.1. The van der Waals surface area contributed by atoms with E-state index in [0.717, 1.165) is 16.9 Å². The van der Waals surface area contributed by atoms with Gasteiger partial charge in [-0.3, -0.25) is 5.10 Å². The number of hydrogen-bond acceptors (Lipinski definition) is 4. The summed E-state index contributed by atoms with van der Waals surface area (Å²) in [6.07, 6.45) is 3.53. The van der Waals surface area contributed by atoms with Crippen LogP contribution in [0.25, 0.3) is 0 Å². The summed E-state index contributed by atoms with van der Waals surface area (Å²) >= 11 is 0. The van der Waals surface area contributed by atoms with Gasteiger partial charge in [-0.25, -0.2) is 4.98 Å². The molecule has 0 aliphatic rings. The number of aromatic nitrogens is 3. The van der Waals surface area contributed by atoms with Crippen LogP contribution >= 0.6 is 0 Å². The Morgan fingerprint density at radius 3 is 2.87 bits per heavy atom. The Morgan fingerprint density at radius 2 is 2.27 bits per heavy atom. The molecule has 0 spiro atoms. The summed E-state index contributed by atoms with van der Waals surface area (Å²) in [6.45, 7) is 2.63. The standard InChI is InChI=1S/C10H13N5/c1-7-2-3-9(12-4-7)13-5-8-6-14-15-10(8)11/h2-4,6H,5H2,1H3,(H,12,13)(H3,11,14,15). The van der Waals surface area contributed by atoms with Crippen LogP contribution in [-0.2, 0) is 6.54 Å². The van der Waals surface area contributed by atoms with Crippen molar-refractivity contribution in [3.63, 3.8) is 0 Å². The topological polar surface area (TPSA) is 79.6 Å². The molecule has 0 radical (unpaired) electrons. The van der Waals surface area contributed by atoms with Crippen molar-refractivity contribution in [2.24, 2.45) is 0 Å². The second-order valence-electron chi connectivity index (χ2n) is 3.38.